The Hall–Kier alpha value is -2.67. The number of carbonyl (C=O) groups is 3. The summed E-state index contributed by atoms with van der Waals surface area (Å²) in [6, 6.07) is 15.1. The topological polar surface area (TPSA) is 84.5 Å². The lowest BCUT2D eigenvalue weighted by Crippen LogP contribution is -2.43. The van der Waals surface area contributed by atoms with Gasteiger partial charge in [-0.1, -0.05) is 30.3 Å². The van der Waals surface area contributed by atoms with Gasteiger partial charge in [-0.25, -0.2) is 4.79 Å². The van der Waals surface area contributed by atoms with Crippen LogP contribution < -0.4 is 10.9 Å². The SMILES string of the molecule is O=C(COC(=O)c1ccccc1Br)NNC(=O)c1ccccc1. The highest BCUT2D eigenvalue weighted by molar-refractivity contribution is 9.10. The highest BCUT2D eigenvalue weighted by Crippen LogP contribution is 2.16. The maximum atomic E-state index is 11.8. The molecule has 118 valence electrons. The van der Waals surface area contributed by atoms with Crippen molar-refractivity contribution in [2.24, 2.45) is 0 Å². The van der Waals surface area contributed by atoms with Crippen LogP contribution >= 0.6 is 15.9 Å². The predicted molar refractivity (Wildman–Crippen MR) is 86.5 cm³/mol. The third-order valence-corrected chi connectivity index (χ3v) is 3.47. The summed E-state index contributed by atoms with van der Waals surface area (Å²) in [5, 5.41) is 0. The summed E-state index contributed by atoms with van der Waals surface area (Å²) in [6.07, 6.45) is 0. The summed E-state index contributed by atoms with van der Waals surface area (Å²) in [4.78, 5) is 35.1. The van der Waals surface area contributed by atoms with Crippen molar-refractivity contribution in [3.8, 4) is 0 Å². The smallest absolute Gasteiger partial charge is 0.339 e. The molecule has 0 unspecified atom stereocenters. The molecular formula is C16H13BrN2O4. The Morgan fingerprint density at radius 2 is 1.57 bits per heavy atom. The molecule has 2 aromatic rings. The van der Waals surface area contributed by atoms with Crippen LogP contribution in [0.4, 0.5) is 0 Å². The van der Waals surface area contributed by atoms with E-state index in [1.54, 1.807) is 54.6 Å². The van der Waals surface area contributed by atoms with Crippen LogP contribution in [0.3, 0.4) is 0 Å². The minimum absolute atomic E-state index is 0.314. The highest BCUT2D eigenvalue weighted by Gasteiger charge is 2.13. The molecule has 2 aromatic carbocycles. The van der Waals surface area contributed by atoms with Crippen LogP contribution in [-0.2, 0) is 9.53 Å². The number of nitrogens with one attached hydrogen (secondary N) is 2. The van der Waals surface area contributed by atoms with Crippen molar-refractivity contribution in [1.82, 2.24) is 10.9 Å². The van der Waals surface area contributed by atoms with Crippen LogP contribution in [0.5, 0.6) is 0 Å². The molecule has 0 aliphatic heterocycles. The van der Waals surface area contributed by atoms with E-state index in [1.165, 1.54) is 0 Å². The molecule has 0 saturated heterocycles. The van der Waals surface area contributed by atoms with E-state index >= 15 is 0 Å². The van der Waals surface area contributed by atoms with E-state index in [9.17, 15) is 14.4 Å². The van der Waals surface area contributed by atoms with Crippen LogP contribution in [0.25, 0.3) is 0 Å². The lowest BCUT2D eigenvalue weighted by Gasteiger charge is -2.08. The molecule has 0 aliphatic carbocycles. The molecule has 0 atom stereocenters. The third kappa shape index (κ3) is 4.93. The fraction of sp³-hybridized carbons (Fsp3) is 0.0625. The van der Waals surface area contributed by atoms with E-state index in [2.05, 4.69) is 26.8 Å². The molecule has 7 heteroatoms. The minimum atomic E-state index is -0.644. The largest absolute Gasteiger partial charge is 0.452 e. The Morgan fingerprint density at radius 3 is 2.26 bits per heavy atom. The maximum Gasteiger partial charge on any atom is 0.339 e. The fourth-order valence-electron chi connectivity index (χ4n) is 1.66. The summed E-state index contributed by atoms with van der Waals surface area (Å²) in [5.41, 5.74) is 5.12. The van der Waals surface area contributed by atoms with Crippen molar-refractivity contribution in [3.63, 3.8) is 0 Å². The van der Waals surface area contributed by atoms with Crippen LogP contribution in [0, 0.1) is 0 Å². The van der Waals surface area contributed by atoms with Crippen molar-refractivity contribution in [1.29, 1.82) is 0 Å². The van der Waals surface area contributed by atoms with Gasteiger partial charge in [0.15, 0.2) is 6.61 Å². The number of amides is 2. The zero-order valence-electron chi connectivity index (χ0n) is 11.9. The van der Waals surface area contributed by atoms with Crippen LogP contribution in [0.15, 0.2) is 59.1 Å². The summed E-state index contributed by atoms with van der Waals surface area (Å²) >= 11 is 3.22. The molecule has 2 N–H and O–H groups in total. The quantitative estimate of drug-likeness (QED) is 0.631. The predicted octanol–water partition coefficient (Wildman–Crippen LogP) is 2.07. The molecule has 0 saturated carbocycles. The summed E-state index contributed by atoms with van der Waals surface area (Å²) < 4.78 is 5.45. The first-order chi connectivity index (χ1) is 11.1. The number of carbonyl (C=O) groups excluding carboxylic acids is 3. The minimum Gasteiger partial charge on any atom is -0.452 e. The lowest BCUT2D eigenvalue weighted by molar-refractivity contribution is -0.125. The molecule has 0 aromatic heterocycles. The summed E-state index contributed by atoms with van der Waals surface area (Å²) in [6.45, 7) is -0.505. The number of hydrazine groups is 1. The molecule has 0 heterocycles. The van der Waals surface area contributed by atoms with E-state index in [4.69, 9.17) is 4.74 Å². The van der Waals surface area contributed by atoms with Gasteiger partial charge in [-0.2, -0.15) is 0 Å². The molecule has 0 radical (unpaired) electrons. The second-order valence-corrected chi connectivity index (χ2v) is 5.28. The Morgan fingerprint density at radius 1 is 0.913 bits per heavy atom. The molecule has 0 fully saturated rings. The van der Waals surface area contributed by atoms with E-state index in [1.807, 2.05) is 0 Å². The number of hydrogen-bond donors (Lipinski definition) is 2. The fourth-order valence-corrected chi connectivity index (χ4v) is 2.11. The first kappa shape index (κ1) is 16.7. The van der Waals surface area contributed by atoms with Crippen LogP contribution in [-0.4, -0.2) is 24.4 Å². The van der Waals surface area contributed by atoms with Crippen molar-refractivity contribution in [2.75, 3.05) is 6.61 Å². The number of esters is 1. The zero-order valence-corrected chi connectivity index (χ0v) is 13.5. The highest BCUT2D eigenvalue weighted by atomic mass is 79.9. The van der Waals surface area contributed by atoms with Gasteiger partial charge in [0, 0.05) is 10.0 Å². The van der Waals surface area contributed by atoms with Crippen molar-refractivity contribution in [3.05, 3.63) is 70.2 Å². The monoisotopic (exact) mass is 376 g/mol. The zero-order chi connectivity index (χ0) is 16.7. The van der Waals surface area contributed by atoms with E-state index < -0.39 is 24.4 Å². The number of benzene rings is 2. The van der Waals surface area contributed by atoms with E-state index in [0.29, 0.717) is 15.6 Å². The molecular weight excluding hydrogens is 364 g/mol. The van der Waals surface area contributed by atoms with Gasteiger partial charge in [0.25, 0.3) is 11.8 Å². The standard InChI is InChI=1S/C16H13BrN2O4/c17-13-9-5-4-8-12(13)16(22)23-10-14(20)18-19-15(21)11-6-2-1-3-7-11/h1-9H,10H2,(H,18,20)(H,19,21). The normalized spacial score (nSPS) is 9.78. The lowest BCUT2D eigenvalue weighted by atomic mass is 10.2. The Balaban J connectivity index is 1.78. The van der Waals surface area contributed by atoms with Gasteiger partial charge in [-0.05, 0) is 40.2 Å². The number of hydrogen-bond acceptors (Lipinski definition) is 4. The molecule has 0 aliphatic rings. The second-order valence-electron chi connectivity index (χ2n) is 4.42. The van der Waals surface area contributed by atoms with Crippen molar-refractivity contribution >= 4 is 33.7 Å². The summed E-state index contributed by atoms with van der Waals surface area (Å²) in [7, 11) is 0. The van der Waals surface area contributed by atoms with Gasteiger partial charge in [0.1, 0.15) is 0 Å². The van der Waals surface area contributed by atoms with Gasteiger partial charge in [-0.15, -0.1) is 0 Å². The Bertz CT molecular complexity index is 719. The Labute approximate surface area is 140 Å². The molecule has 2 rings (SSSR count). The van der Waals surface area contributed by atoms with Gasteiger partial charge >= 0.3 is 5.97 Å². The van der Waals surface area contributed by atoms with Crippen LogP contribution in [0.2, 0.25) is 0 Å². The molecule has 2 amide bonds. The molecule has 6 nitrogen and oxygen atoms in total. The Kier molecular flexibility index (Phi) is 5.87. The molecule has 0 bridgehead atoms. The van der Waals surface area contributed by atoms with E-state index in [0.717, 1.165) is 0 Å². The maximum absolute atomic E-state index is 11.8. The third-order valence-electron chi connectivity index (χ3n) is 2.78. The van der Waals surface area contributed by atoms with Gasteiger partial charge < -0.3 is 4.74 Å². The molecule has 23 heavy (non-hydrogen) atoms. The number of halogens is 1. The average Bonchev–Trinajstić information content (AvgIpc) is 2.58. The first-order valence-electron chi connectivity index (χ1n) is 6.64. The van der Waals surface area contributed by atoms with Crippen molar-refractivity contribution < 1.29 is 19.1 Å². The second kappa shape index (κ2) is 8.09. The first-order valence-corrected chi connectivity index (χ1v) is 7.43. The van der Waals surface area contributed by atoms with Crippen molar-refractivity contribution in [2.45, 2.75) is 0 Å². The number of ether oxygens (including phenoxy) is 1. The van der Waals surface area contributed by atoms with Gasteiger partial charge in [-0.3, -0.25) is 20.4 Å². The number of rotatable bonds is 4. The molecule has 0 spiro atoms. The summed E-state index contributed by atoms with van der Waals surface area (Å²) in [5.74, 6) is -1.74. The van der Waals surface area contributed by atoms with Gasteiger partial charge in [0.05, 0.1) is 5.56 Å². The van der Waals surface area contributed by atoms with Crippen LogP contribution in [0.1, 0.15) is 20.7 Å². The van der Waals surface area contributed by atoms with E-state index in [-0.39, 0.29) is 0 Å². The average molecular weight is 377 g/mol. The van der Waals surface area contributed by atoms with Gasteiger partial charge in [0.2, 0.25) is 0 Å².